The highest BCUT2D eigenvalue weighted by atomic mass is 32.2. The summed E-state index contributed by atoms with van der Waals surface area (Å²) in [6.45, 7) is 4.44. The van der Waals surface area contributed by atoms with E-state index in [4.69, 9.17) is 4.74 Å². The molecule has 2 N–H and O–H groups in total. The number of hydrogen-bond acceptors (Lipinski definition) is 8. The van der Waals surface area contributed by atoms with Crippen LogP contribution in [0.1, 0.15) is 60.1 Å². The average Bonchev–Trinajstić information content (AvgIpc) is 3.48. The number of carbonyl (C=O) groups is 2. The molecule has 37 heavy (non-hydrogen) atoms. The number of anilines is 1. The fourth-order valence-electron chi connectivity index (χ4n) is 4.38. The molecule has 0 saturated heterocycles. The van der Waals surface area contributed by atoms with Gasteiger partial charge in [-0.15, -0.1) is 21.5 Å². The van der Waals surface area contributed by atoms with E-state index in [9.17, 15) is 14.9 Å². The first kappa shape index (κ1) is 26.7. The Balaban J connectivity index is 1.34. The number of fused-ring (bicyclic) bond motifs is 1. The van der Waals surface area contributed by atoms with Gasteiger partial charge in [0.15, 0.2) is 11.0 Å². The first-order valence-electron chi connectivity index (χ1n) is 12.3. The van der Waals surface area contributed by atoms with Gasteiger partial charge in [-0.3, -0.25) is 9.59 Å². The number of methoxy groups -OCH3 is 1. The van der Waals surface area contributed by atoms with Crippen molar-refractivity contribution < 1.29 is 14.3 Å². The van der Waals surface area contributed by atoms with Crippen molar-refractivity contribution in [2.45, 2.75) is 63.7 Å². The van der Waals surface area contributed by atoms with Crippen LogP contribution in [-0.4, -0.2) is 39.4 Å². The number of ether oxygens (including phenoxy) is 1. The fourth-order valence-corrected chi connectivity index (χ4v) is 6.44. The van der Waals surface area contributed by atoms with E-state index < -0.39 is 0 Å². The van der Waals surface area contributed by atoms with Crippen molar-refractivity contribution in [1.82, 2.24) is 20.1 Å². The molecule has 1 atom stereocenters. The molecule has 1 aliphatic rings. The minimum absolute atomic E-state index is 0.121. The van der Waals surface area contributed by atoms with Crippen LogP contribution in [0.25, 0.3) is 0 Å². The molecule has 0 saturated carbocycles. The third-order valence-corrected chi connectivity index (χ3v) is 8.39. The molecule has 0 radical (unpaired) electrons. The normalized spacial score (nSPS) is 13.4. The van der Waals surface area contributed by atoms with E-state index in [1.54, 1.807) is 7.11 Å². The third-order valence-electron chi connectivity index (χ3n) is 6.22. The lowest BCUT2D eigenvalue weighted by Gasteiger charge is -2.15. The van der Waals surface area contributed by atoms with E-state index in [1.807, 2.05) is 42.7 Å². The van der Waals surface area contributed by atoms with Crippen molar-refractivity contribution >= 4 is 39.9 Å². The SMILES string of the molecule is CCn1c(SCC(=O)Nc2sc3c(c2C#N)CCCC3)nnc1C(C)NC(=O)Cc1ccc(OC)cc1. The number of rotatable bonds is 10. The topological polar surface area (TPSA) is 122 Å². The van der Waals surface area contributed by atoms with Crippen molar-refractivity contribution in [3.8, 4) is 11.8 Å². The molecule has 2 aromatic heterocycles. The van der Waals surface area contributed by atoms with E-state index in [2.05, 4.69) is 26.9 Å². The number of nitrogens with zero attached hydrogens (tertiary/aromatic N) is 4. The van der Waals surface area contributed by atoms with E-state index >= 15 is 0 Å². The van der Waals surface area contributed by atoms with Crippen LogP contribution in [0.2, 0.25) is 0 Å². The second-order valence-corrected chi connectivity index (χ2v) is 10.8. The summed E-state index contributed by atoms with van der Waals surface area (Å²) in [6.07, 6.45) is 4.31. The Bertz CT molecular complexity index is 1310. The van der Waals surface area contributed by atoms with Crippen LogP contribution >= 0.6 is 23.1 Å². The zero-order valence-electron chi connectivity index (χ0n) is 21.2. The Morgan fingerprint density at radius 3 is 2.68 bits per heavy atom. The highest BCUT2D eigenvalue weighted by molar-refractivity contribution is 7.99. The molecule has 1 unspecified atom stereocenters. The molecule has 3 aromatic rings. The Hall–Kier alpha value is -3.36. The molecule has 194 valence electrons. The number of hydrogen-bond donors (Lipinski definition) is 2. The lowest BCUT2D eigenvalue weighted by atomic mass is 9.96. The largest absolute Gasteiger partial charge is 0.497 e. The zero-order chi connectivity index (χ0) is 26.4. The maximum atomic E-state index is 12.7. The van der Waals surface area contributed by atoms with Crippen molar-refractivity contribution in [3.63, 3.8) is 0 Å². The number of aromatic nitrogens is 3. The maximum Gasteiger partial charge on any atom is 0.235 e. The van der Waals surface area contributed by atoms with E-state index in [1.165, 1.54) is 28.0 Å². The van der Waals surface area contributed by atoms with Gasteiger partial charge in [-0.25, -0.2) is 0 Å². The summed E-state index contributed by atoms with van der Waals surface area (Å²) in [4.78, 5) is 26.5. The molecule has 0 spiro atoms. The molecule has 0 aliphatic heterocycles. The first-order chi connectivity index (χ1) is 17.9. The van der Waals surface area contributed by atoms with Gasteiger partial charge < -0.3 is 19.9 Å². The molecular weight excluding hydrogens is 508 g/mol. The number of amides is 2. The Kier molecular flexibility index (Phi) is 8.84. The van der Waals surface area contributed by atoms with Gasteiger partial charge in [0, 0.05) is 11.4 Å². The van der Waals surface area contributed by atoms with Crippen LogP contribution in [0.4, 0.5) is 5.00 Å². The number of benzene rings is 1. The fraction of sp³-hybridized carbons (Fsp3) is 0.423. The first-order valence-corrected chi connectivity index (χ1v) is 14.1. The van der Waals surface area contributed by atoms with Gasteiger partial charge >= 0.3 is 0 Å². The third kappa shape index (κ3) is 6.32. The molecule has 4 rings (SSSR count). The summed E-state index contributed by atoms with van der Waals surface area (Å²) in [5.74, 6) is 1.21. The summed E-state index contributed by atoms with van der Waals surface area (Å²) < 4.78 is 7.06. The quantitative estimate of drug-likeness (QED) is 0.370. The van der Waals surface area contributed by atoms with Crippen LogP contribution in [0.3, 0.4) is 0 Å². The van der Waals surface area contributed by atoms with Crippen LogP contribution in [-0.2, 0) is 35.4 Å². The van der Waals surface area contributed by atoms with Crippen LogP contribution in [0, 0.1) is 11.3 Å². The van der Waals surface area contributed by atoms with Crippen LogP contribution in [0.5, 0.6) is 5.75 Å². The summed E-state index contributed by atoms with van der Waals surface area (Å²) in [5, 5.41) is 25.3. The molecule has 1 aromatic carbocycles. The number of thioether (sulfide) groups is 1. The molecule has 2 heterocycles. The van der Waals surface area contributed by atoms with Gasteiger partial charge in [-0.05, 0) is 62.8 Å². The lowest BCUT2D eigenvalue weighted by molar-refractivity contribution is -0.121. The van der Waals surface area contributed by atoms with E-state index in [0.29, 0.717) is 28.1 Å². The molecule has 1 aliphatic carbocycles. The monoisotopic (exact) mass is 538 g/mol. The van der Waals surface area contributed by atoms with Crippen molar-refractivity contribution in [1.29, 1.82) is 5.26 Å². The number of thiophene rings is 1. The molecule has 0 fully saturated rings. The van der Waals surface area contributed by atoms with Crippen molar-refractivity contribution in [2.75, 3.05) is 18.2 Å². The van der Waals surface area contributed by atoms with Crippen LogP contribution < -0.4 is 15.4 Å². The summed E-state index contributed by atoms with van der Waals surface area (Å²) >= 11 is 2.80. The van der Waals surface area contributed by atoms with Crippen molar-refractivity contribution in [3.05, 3.63) is 51.7 Å². The molecule has 11 heteroatoms. The zero-order valence-corrected chi connectivity index (χ0v) is 22.8. The lowest BCUT2D eigenvalue weighted by Crippen LogP contribution is -2.30. The van der Waals surface area contributed by atoms with Crippen molar-refractivity contribution in [2.24, 2.45) is 0 Å². The minimum Gasteiger partial charge on any atom is -0.497 e. The van der Waals surface area contributed by atoms with Gasteiger partial charge in [-0.1, -0.05) is 23.9 Å². The Morgan fingerprint density at radius 1 is 1.22 bits per heavy atom. The van der Waals surface area contributed by atoms with Gasteiger partial charge in [0.2, 0.25) is 11.8 Å². The van der Waals surface area contributed by atoms with Gasteiger partial charge in [0.25, 0.3) is 0 Å². The highest BCUT2D eigenvalue weighted by Gasteiger charge is 2.23. The summed E-state index contributed by atoms with van der Waals surface area (Å²) in [6, 6.07) is 9.31. The molecule has 9 nitrogen and oxygen atoms in total. The maximum absolute atomic E-state index is 12.7. The second kappa shape index (κ2) is 12.3. The minimum atomic E-state index is -0.350. The number of aryl methyl sites for hydroxylation is 1. The van der Waals surface area contributed by atoms with Gasteiger partial charge in [0.05, 0.1) is 30.9 Å². The Morgan fingerprint density at radius 2 is 1.97 bits per heavy atom. The molecule has 2 amide bonds. The van der Waals surface area contributed by atoms with Gasteiger partial charge in [0.1, 0.15) is 16.8 Å². The van der Waals surface area contributed by atoms with E-state index in [-0.39, 0.29) is 30.0 Å². The number of carbonyl (C=O) groups excluding carboxylic acids is 2. The molecular formula is C26H30N6O3S2. The smallest absolute Gasteiger partial charge is 0.235 e. The number of nitriles is 1. The summed E-state index contributed by atoms with van der Waals surface area (Å²) in [5.41, 5.74) is 2.59. The molecule has 0 bridgehead atoms. The standard InChI is InChI=1S/C26H30N6O3S2/c1-4-32-24(16(2)28-22(33)13-17-9-11-18(35-3)12-10-17)30-31-26(32)36-15-23(34)29-25-20(14-27)19-7-5-6-8-21(19)37-25/h9-12,16H,4-8,13,15H2,1-3H3,(H,28,33)(H,29,34). The van der Waals surface area contributed by atoms with Gasteiger partial charge in [-0.2, -0.15) is 5.26 Å². The highest BCUT2D eigenvalue weighted by Crippen LogP contribution is 2.37. The average molecular weight is 539 g/mol. The van der Waals surface area contributed by atoms with Crippen LogP contribution in [0.15, 0.2) is 29.4 Å². The number of nitrogens with one attached hydrogen (secondary N) is 2. The van der Waals surface area contributed by atoms with E-state index in [0.717, 1.165) is 42.6 Å². The predicted molar refractivity (Wildman–Crippen MR) is 144 cm³/mol. The second-order valence-electron chi connectivity index (χ2n) is 8.76. The summed E-state index contributed by atoms with van der Waals surface area (Å²) in [7, 11) is 1.60. The predicted octanol–water partition coefficient (Wildman–Crippen LogP) is 4.27. The Labute approximate surface area is 224 Å².